The van der Waals surface area contributed by atoms with Gasteiger partial charge in [0.15, 0.2) is 0 Å². The second-order valence-electron chi connectivity index (χ2n) is 8.94. The molecule has 1 aliphatic rings. The van der Waals surface area contributed by atoms with Crippen LogP contribution in [0, 0.1) is 11.8 Å². The van der Waals surface area contributed by atoms with Gasteiger partial charge in [-0.15, -0.1) is 0 Å². The van der Waals surface area contributed by atoms with E-state index in [1.54, 1.807) is 0 Å². The molecule has 1 aliphatic carbocycles. The smallest absolute Gasteiger partial charge is 0.0177 e. The van der Waals surface area contributed by atoms with E-state index in [-0.39, 0.29) is 0 Å². The van der Waals surface area contributed by atoms with Crippen LogP contribution in [-0.4, -0.2) is 0 Å². The van der Waals surface area contributed by atoms with Crippen molar-refractivity contribution in [3.63, 3.8) is 0 Å². The van der Waals surface area contributed by atoms with E-state index in [1.807, 2.05) is 6.08 Å². The molecule has 1 fully saturated rings. The molecule has 0 atom stereocenters. The molecule has 0 N–H and O–H groups in total. The first kappa shape index (κ1) is 20.0. The normalized spacial score (nSPS) is 19.3. The van der Waals surface area contributed by atoms with Crippen molar-refractivity contribution in [1.29, 1.82) is 0 Å². The van der Waals surface area contributed by atoms with Crippen molar-refractivity contribution in [3.8, 4) is 11.1 Å². The summed E-state index contributed by atoms with van der Waals surface area (Å²) < 4.78 is 0. The highest BCUT2D eigenvalue weighted by atomic mass is 14.3. The first-order valence-corrected chi connectivity index (χ1v) is 11.5. The standard InChI is InChI=1S/C29H34/c1-3-5-23-6-8-24(9-7-23)10-11-25-13-15-26(16-14-25)28-19-18-27-20-22(4-2)12-17-29(27)21-28/h4,12-21,23-24H,2-3,5-11H2,1H3. The second-order valence-corrected chi connectivity index (χ2v) is 8.94. The van der Waals surface area contributed by atoms with Gasteiger partial charge in [0.1, 0.15) is 0 Å². The number of hydrogen-bond acceptors (Lipinski definition) is 0. The van der Waals surface area contributed by atoms with E-state index in [9.17, 15) is 0 Å². The van der Waals surface area contributed by atoms with Crippen LogP contribution in [0.4, 0.5) is 0 Å². The molecule has 29 heavy (non-hydrogen) atoms. The zero-order valence-corrected chi connectivity index (χ0v) is 17.9. The van der Waals surface area contributed by atoms with Gasteiger partial charge in [-0.05, 0) is 69.8 Å². The van der Waals surface area contributed by atoms with Gasteiger partial charge in [-0.1, -0.05) is 107 Å². The van der Waals surface area contributed by atoms with E-state index in [4.69, 9.17) is 0 Å². The fraction of sp³-hybridized carbons (Fsp3) is 0.379. The second kappa shape index (κ2) is 9.44. The van der Waals surface area contributed by atoms with Gasteiger partial charge < -0.3 is 0 Å². The fourth-order valence-electron chi connectivity index (χ4n) is 5.02. The summed E-state index contributed by atoms with van der Waals surface area (Å²) in [5.74, 6) is 1.96. The Balaban J connectivity index is 1.37. The van der Waals surface area contributed by atoms with Gasteiger partial charge in [0.2, 0.25) is 0 Å². The minimum absolute atomic E-state index is 0.948. The number of benzene rings is 3. The third-order valence-electron chi connectivity index (χ3n) is 6.89. The van der Waals surface area contributed by atoms with Crippen LogP contribution in [0.1, 0.15) is 63.0 Å². The zero-order chi connectivity index (χ0) is 20.1. The van der Waals surface area contributed by atoms with Gasteiger partial charge in [0.25, 0.3) is 0 Å². The minimum Gasteiger partial charge on any atom is -0.0985 e. The third-order valence-corrected chi connectivity index (χ3v) is 6.89. The van der Waals surface area contributed by atoms with Crippen LogP contribution in [0.15, 0.2) is 67.2 Å². The van der Waals surface area contributed by atoms with Crippen LogP contribution in [0.3, 0.4) is 0 Å². The van der Waals surface area contributed by atoms with Crippen molar-refractivity contribution in [2.45, 2.75) is 58.3 Å². The maximum absolute atomic E-state index is 3.87. The van der Waals surface area contributed by atoms with Gasteiger partial charge in [-0.25, -0.2) is 0 Å². The van der Waals surface area contributed by atoms with E-state index in [0.29, 0.717) is 0 Å². The lowest BCUT2D eigenvalue weighted by Gasteiger charge is -2.28. The quantitative estimate of drug-likeness (QED) is 0.383. The summed E-state index contributed by atoms with van der Waals surface area (Å²) in [6, 6.07) is 22.6. The Morgan fingerprint density at radius 1 is 0.759 bits per heavy atom. The molecule has 4 rings (SSSR count). The monoisotopic (exact) mass is 382 g/mol. The Bertz CT molecular complexity index is 939. The van der Waals surface area contributed by atoms with Crippen molar-refractivity contribution in [1.82, 2.24) is 0 Å². The maximum atomic E-state index is 3.87. The number of fused-ring (bicyclic) bond motifs is 1. The van der Waals surface area contributed by atoms with Gasteiger partial charge in [-0.2, -0.15) is 0 Å². The summed E-state index contributed by atoms with van der Waals surface area (Å²) in [5, 5.41) is 2.56. The van der Waals surface area contributed by atoms with Crippen molar-refractivity contribution >= 4 is 16.8 Å². The third kappa shape index (κ3) is 4.99. The molecule has 1 saturated carbocycles. The molecule has 150 valence electrons. The maximum Gasteiger partial charge on any atom is -0.0177 e. The predicted molar refractivity (Wildman–Crippen MR) is 128 cm³/mol. The van der Waals surface area contributed by atoms with Crippen LogP contribution < -0.4 is 0 Å². The largest absolute Gasteiger partial charge is 0.0985 e. The molecule has 0 bridgehead atoms. The Kier molecular flexibility index (Phi) is 6.49. The van der Waals surface area contributed by atoms with Crippen LogP contribution in [0.25, 0.3) is 28.0 Å². The van der Waals surface area contributed by atoms with Crippen molar-refractivity contribution in [2.24, 2.45) is 11.8 Å². The van der Waals surface area contributed by atoms with Crippen LogP contribution in [0.5, 0.6) is 0 Å². The number of hydrogen-bond donors (Lipinski definition) is 0. The molecule has 0 nitrogen and oxygen atoms in total. The molecule has 0 spiro atoms. The topological polar surface area (TPSA) is 0 Å². The Morgan fingerprint density at radius 3 is 2.07 bits per heavy atom. The highest BCUT2D eigenvalue weighted by Gasteiger charge is 2.20. The van der Waals surface area contributed by atoms with E-state index in [0.717, 1.165) is 11.8 Å². The Hall–Kier alpha value is -2.34. The van der Waals surface area contributed by atoms with Crippen molar-refractivity contribution < 1.29 is 0 Å². The zero-order valence-electron chi connectivity index (χ0n) is 17.9. The molecule has 0 amide bonds. The van der Waals surface area contributed by atoms with Gasteiger partial charge >= 0.3 is 0 Å². The summed E-state index contributed by atoms with van der Waals surface area (Å²) in [5.41, 5.74) is 5.27. The Labute approximate surface area is 176 Å². The number of rotatable bonds is 7. The lowest BCUT2D eigenvalue weighted by Crippen LogP contribution is -2.15. The molecule has 3 aromatic rings. The summed E-state index contributed by atoms with van der Waals surface area (Å²) in [7, 11) is 0. The highest BCUT2D eigenvalue weighted by molar-refractivity contribution is 5.88. The Morgan fingerprint density at radius 2 is 1.38 bits per heavy atom. The van der Waals surface area contributed by atoms with Crippen LogP contribution >= 0.6 is 0 Å². The molecule has 0 heteroatoms. The lowest BCUT2D eigenvalue weighted by atomic mass is 9.78. The summed E-state index contributed by atoms with van der Waals surface area (Å²) in [6.07, 6.45) is 13.1. The number of aryl methyl sites for hydroxylation is 1. The molecular weight excluding hydrogens is 348 g/mol. The fourth-order valence-corrected chi connectivity index (χ4v) is 5.02. The van der Waals surface area contributed by atoms with Gasteiger partial charge in [0.05, 0.1) is 0 Å². The lowest BCUT2D eigenvalue weighted by molar-refractivity contribution is 0.252. The molecule has 0 heterocycles. The van der Waals surface area contributed by atoms with Gasteiger partial charge in [0, 0.05) is 0 Å². The summed E-state index contributed by atoms with van der Waals surface area (Å²) in [4.78, 5) is 0. The first-order chi connectivity index (χ1) is 14.2. The van der Waals surface area contributed by atoms with E-state index in [1.165, 1.54) is 84.4 Å². The van der Waals surface area contributed by atoms with Crippen molar-refractivity contribution in [3.05, 3.63) is 78.4 Å². The predicted octanol–water partition coefficient (Wildman–Crippen LogP) is 8.69. The average Bonchev–Trinajstić information content (AvgIpc) is 2.78. The van der Waals surface area contributed by atoms with E-state index < -0.39 is 0 Å². The SMILES string of the molecule is C=Cc1ccc2cc(-c3ccc(CCC4CCC(CCC)CC4)cc3)ccc2c1. The van der Waals surface area contributed by atoms with Crippen LogP contribution in [-0.2, 0) is 6.42 Å². The molecule has 0 aromatic heterocycles. The molecule has 0 saturated heterocycles. The molecule has 0 unspecified atom stereocenters. The molecular formula is C29H34. The minimum atomic E-state index is 0.948. The molecule has 0 radical (unpaired) electrons. The van der Waals surface area contributed by atoms with Crippen LogP contribution in [0.2, 0.25) is 0 Å². The van der Waals surface area contributed by atoms with E-state index >= 15 is 0 Å². The average molecular weight is 383 g/mol. The van der Waals surface area contributed by atoms with E-state index in [2.05, 4.69) is 74.2 Å². The van der Waals surface area contributed by atoms with Gasteiger partial charge in [-0.3, -0.25) is 0 Å². The molecule has 3 aromatic carbocycles. The highest BCUT2D eigenvalue weighted by Crippen LogP contribution is 2.34. The summed E-state index contributed by atoms with van der Waals surface area (Å²) >= 11 is 0. The summed E-state index contributed by atoms with van der Waals surface area (Å²) in [6.45, 7) is 6.19. The molecule has 0 aliphatic heterocycles. The first-order valence-electron chi connectivity index (χ1n) is 11.5. The van der Waals surface area contributed by atoms with Crippen molar-refractivity contribution in [2.75, 3.05) is 0 Å².